The van der Waals surface area contributed by atoms with Crippen LogP contribution in [0.1, 0.15) is 16.2 Å². The highest BCUT2D eigenvalue weighted by Gasteiger charge is 2.38. The van der Waals surface area contributed by atoms with Crippen LogP contribution < -0.4 is 9.80 Å². The minimum atomic E-state index is -4.67. The van der Waals surface area contributed by atoms with E-state index in [9.17, 15) is 18.0 Å². The lowest BCUT2D eigenvalue weighted by atomic mass is 10.0. The van der Waals surface area contributed by atoms with Crippen molar-refractivity contribution in [2.75, 3.05) is 44.0 Å². The number of carbonyl (C=O) groups is 1. The van der Waals surface area contributed by atoms with Gasteiger partial charge in [0.25, 0.3) is 5.91 Å². The topological polar surface area (TPSA) is 65.7 Å². The number of likely N-dealkylation sites (tertiary alicyclic amines) is 1. The summed E-state index contributed by atoms with van der Waals surface area (Å²) in [5.74, 6) is -1.50. The van der Waals surface area contributed by atoms with Gasteiger partial charge in [-0.1, -0.05) is 5.16 Å². The number of halogens is 3. The molecule has 32 heavy (non-hydrogen) atoms. The fourth-order valence-corrected chi connectivity index (χ4v) is 3.46. The quantitative estimate of drug-likeness (QED) is 0.596. The molecule has 1 aliphatic rings. The monoisotopic (exact) mass is 445 g/mol. The van der Waals surface area contributed by atoms with Gasteiger partial charge in [0, 0.05) is 56.7 Å². The van der Waals surface area contributed by atoms with Crippen molar-refractivity contribution >= 4 is 17.3 Å². The van der Waals surface area contributed by atoms with Crippen LogP contribution in [0, 0.1) is 0 Å². The zero-order valence-corrected chi connectivity index (χ0v) is 17.8. The van der Waals surface area contributed by atoms with Gasteiger partial charge in [0.2, 0.25) is 5.82 Å². The maximum absolute atomic E-state index is 12.7. The molecule has 7 nitrogen and oxygen atoms in total. The second-order valence-electron chi connectivity index (χ2n) is 7.88. The van der Waals surface area contributed by atoms with E-state index in [1.54, 1.807) is 29.2 Å². The third-order valence-corrected chi connectivity index (χ3v) is 5.53. The number of hydrogen-bond donors (Lipinski definition) is 0. The van der Waals surface area contributed by atoms with Crippen molar-refractivity contribution in [3.05, 3.63) is 60.0 Å². The fourth-order valence-electron chi connectivity index (χ4n) is 3.46. The molecule has 1 fully saturated rings. The molecule has 168 valence electrons. The van der Waals surface area contributed by atoms with E-state index in [-0.39, 0.29) is 17.8 Å². The molecule has 1 saturated heterocycles. The minimum absolute atomic E-state index is 0.00659. The number of benzene rings is 2. The van der Waals surface area contributed by atoms with Crippen LogP contribution in [0.3, 0.4) is 0 Å². The van der Waals surface area contributed by atoms with Gasteiger partial charge in [0.1, 0.15) is 0 Å². The summed E-state index contributed by atoms with van der Waals surface area (Å²) in [5.41, 5.74) is 2.98. The molecule has 4 rings (SSSR count). The Kier molecular flexibility index (Phi) is 5.53. The Balaban J connectivity index is 1.36. The highest BCUT2D eigenvalue weighted by Crippen LogP contribution is 2.30. The van der Waals surface area contributed by atoms with Crippen molar-refractivity contribution in [1.82, 2.24) is 15.0 Å². The summed E-state index contributed by atoms with van der Waals surface area (Å²) in [7, 11) is 5.81. The molecule has 2 heterocycles. The molecule has 2 aromatic carbocycles. The van der Waals surface area contributed by atoms with Gasteiger partial charge >= 0.3 is 12.1 Å². The Morgan fingerprint density at radius 2 is 1.59 bits per heavy atom. The van der Waals surface area contributed by atoms with Crippen LogP contribution in [0.4, 0.5) is 24.5 Å². The maximum Gasteiger partial charge on any atom is 0.471 e. The molecule has 0 bridgehead atoms. The number of rotatable bonds is 5. The molecular formula is C22H22F3N5O2. The van der Waals surface area contributed by atoms with Gasteiger partial charge in [-0.3, -0.25) is 4.79 Å². The third-order valence-electron chi connectivity index (χ3n) is 5.53. The summed E-state index contributed by atoms with van der Waals surface area (Å²) in [6, 6.07) is 14.5. The number of aromatic nitrogens is 2. The van der Waals surface area contributed by atoms with Crippen LogP contribution in [0.15, 0.2) is 53.1 Å². The van der Waals surface area contributed by atoms with Crippen LogP contribution in [0.5, 0.6) is 0 Å². The molecule has 1 amide bonds. The van der Waals surface area contributed by atoms with Gasteiger partial charge in [-0.15, -0.1) is 0 Å². The van der Waals surface area contributed by atoms with Crippen LogP contribution in [0.2, 0.25) is 0 Å². The average Bonchev–Trinajstić information content (AvgIpc) is 3.23. The molecule has 0 saturated carbocycles. The van der Waals surface area contributed by atoms with Gasteiger partial charge in [-0.25, -0.2) is 0 Å². The normalized spacial score (nSPS) is 14.2. The molecule has 0 aliphatic carbocycles. The van der Waals surface area contributed by atoms with Crippen LogP contribution >= 0.6 is 0 Å². The molecule has 0 radical (unpaired) electrons. The molecule has 1 aromatic heterocycles. The average molecular weight is 445 g/mol. The molecule has 0 N–H and O–H groups in total. The van der Waals surface area contributed by atoms with Gasteiger partial charge in [-0.05, 0) is 48.5 Å². The van der Waals surface area contributed by atoms with E-state index in [4.69, 9.17) is 0 Å². The molecular weight excluding hydrogens is 423 g/mol. The van der Waals surface area contributed by atoms with E-state index in [0.717, 1.165) is 11.4 Å². The molecule has 0 atom stereocenters. The summed E-state index contributed by atoms with van der Waals surface area (Å²) in [5, 5.41) is 3.40. The molecule has 3 aromatic rings. The first kappa shape index (κ1) is 21.7. The van der Waals surface area contributed by atoms with Crippen molar-refractivity contribution < 1.29 is 22.5 Å². The minimum Gasteiger partial charge on any atom is -0.378 e. The zero-order valence-electron chi connectivity index (χ0n) is 17.8. The van der Waals surface area contributed by atoms with Crippen molar-refractivity contribution in [3.8, 4) is 11.4 Å². The van der Waals surface area contributed by atoms with Crippen LogP contribution in [-0.2, 0) is 6.18 Å². The van der Waals surface area contributed by atoms with E-state index < -0.39 is 12.1 Å². The highest BCUT2D eigenvalue weighted by molar-refractivity contribution is 5.95. The zero-order chi connectivity index (χ0) is 23.0. The second kappa shape index (κ2) is 8.18. The van der Waals surface area contributed by atoms with Crippen LogP contribution in [0.25, 0.3) is 11.4 Å². The Bertz CT molecular complexity index is 1090. The predicted octanol–water partition coefficient (Wildman–Crippen LogP) is 3.78. The SMILES string of the molecule is CN(C)c1ccc(C(=O)N2CC(N(C)c3ccc(-c4noc(C(F)(F)F)n4)cc3)C2)cc1. The Hall–Kier alpha value is -3.56. The van der Waals surface area contributed by atoms with Gasteiger partial charge in [0.15, 0.2) is 0 Å². The first-order chi connectivity index (χ1) is 15.1. The van der Waals surface area contributed by atoms with Crippen molar-refractivity contribution in [2.45, 2.75) is 12.2 Å². The Labute approximate surface area is 183 Å². The van der Waals surface area contributed by atoms with E-state index >= 15 is 0 Å². The van der Waals surface area contributed by atoms with Crippen molar-refractivity contribution in [2.24, 2.45) is 0 Å². The lowest BCUT2D eigenvalue weighted by Gasteiger charge is -2.45. The fraction of sp³-hybridized carbons (Fsp3) is 0.318. The van der Waals surface area contributed by atoms with Gasteiger partial charge in [-0.2, -0.15) is 18.2 Å². The van der Waals surface area contributed by atoms with E-state index in [1.807, 2.05) is 55.2 Å². The van der Waals surface area contributed by atoms with Crippen molar-refractivity contribution in [1.29, 1.82) is 0 Å². The maximum atomic E-state index is 12.7. The number of likely N-dealkylation sites (N-methyl/N-ethyl adjacent to an activating group) is 1. The third kappa shape index (κ3) is 4.25. The number of hydrogen-bond acceptors (Lipinski definition) is 6. The number of nitrogens with zero attached hydrogens (tertiary/aromatic N) is 5. The summed E-state index contributed by atoms with van der Waals surface area (Å²) < 4.78 is 42.2. The van der Waals surface area contributed by atoms with Crippen molar-refractivity contribution in [3.63, 3.8) is 0 Å². The van der Waals surface area contributed by atoms with E-state index in [0.29, 0.717) is 24.2 Å². The first-order valence-electron chi connectivity index (χ1n) is 9.94. The number of anilines is 2. The summed E-state index contributed by atoms with van der Waals surface area (Å²) in [4.78, 5) is 21.9. The Morgan fingerprint density at radius 1 is 1.00 bits per heavy atom. The number of amides is 1. The number of carbonyl (C=O) groups excluding carboxylic acids is 1. The second-order valence-corrected chi connectivity index (χ2v) is 7.88. The lowest BCUT2D eigenvalue weighted by molar-refractivity contribution is -0.159. The van der Waals surface area contributed by atoms with Crippen LogP contribution in [-0.4, -0.2) is 61.2 Å². The first-order valence-corrected chi connectivity index (χ1v) is 9.94. The Morgan fingerprint density at radius 3 is 2.12 bits per heavy atom. The molecule has 1 aliphatic heterocycles. The molecule has 10 heteroatoms. The van der Waals surface area contributed by atoms with E-state index in [1.165, 1.54) is 0 Å². The summed E-state index contributed by atoms with van der Waals surface area (Å²) in [6.45, 7) is 1.18. The van der Waals surface area contributed by atoms with Gasteiger partial charge < -0.3 is 19.2 Å². The predicted molar refractivity (Wildman–Crippen MR) is 114 cm³/mol. The molecule has 0 spiro atoms. The number of alkyl halides is 3. The standard InChI is InChI=1S/C22H22F3N5O2/c1-28(2)16-8-6-15(7-9-16)20(31)30-12-18(13-30)29(3)17-10-4-14(5-11-17)19-26-21(32-27-19)22(23,24)25/h4-11,18H,12-13H2,1-3H3. The smallest absolute Gasteiger partial charge is 0.378 e. The van der Waals surface area contributed by atoms with E-state index in [2.05, 4.69) is 14.7 Å². The largest absolute Gasteiger partial charge is 0.471 e. The summed E-state index contributed by atoms with van der Waals surface area (Å²) >= 11 is 0. The van der Waals surface area contributed by atoms with Gasteiger partial charge in [0.05, 0.1) is 6.04 Å². The lowest BCUT2D eigenvalue weighted by Crippen LogP contribution is -2.60. The molecule has 0 unspecified atom stereocenters. The highest BCUT2D eigenvalue weighted by atomic mass is 19.4. The summed E-state index contributed by atoms with van der Waals surface area (Å²) in [6.07, 6.45) is -4.67.